The Kier molecular flexibility index (Phi) is 6.67. The molecule has 3 nitrogen and oxygen atoms in total. The Morgan fingerprint density at radius 2 is 2.04 bits per heavy atom. The number of allylic oxidation sites excluding steroid dienone is 2. The Balaban J connectivity index is 0.000000924. The summed E-state index contributed by atoms with van der Waals surface area (Å²) in [5.41, 5.74) is 2.93. The molecule has 1 aromatic rings. The summed E-state index contributed by atoms with van der Waals surface area (Å²) in [6, 6.07) is 0.727. The van der Waals surface area contributed by atoms with Crippen LogP contribution in [0.4, 0.5) is 0 Å². The van der Waals surface area contributed by atoms with Gasteiger partial charge in [-0.1, -0.05) is 38.2 Å². The molecule has 0 bridgehead atoms. The molecular weight excluding hydrogens is 284 g/mol. The fourth-order valence-corrected chi connectivity index (χ4v) is 3.98. The van der Waals surface area contributed by atoms with Crippen molar-refractivity contribution in [1.29, 1.82) is 0 Å². The quantitative estimate of drug-likeness (QED) is 0.926. The van der Waals surface area contributed by atoms with Crippen LogP contribution in [0.3, 0.4) is 0 Å². The first-order chi connectivity index (χ1) is 11.3. The molecular formula is C20H32N2O. The summed E-state index contributed by atoms with van der Waals surface area (Å²) < 4.78 is 2.33. The summed E-state index contributed by atoms with van der Waals surface area (Å²) >= 11 is 0. The van der Waals surface area contributed by atoms with Crippen LogP contribution in [0.15, 0.2) is 12.2 Å². The third-order valence-corrected chi connectivity index (χ3v) is 4.91. The highest BCUT2D eigenvalue weighted by Gasteiger charge is 2.32. The maximum Gasteiger partial charge on any atom is 0.0610 e. The number of hydrogen-bond acceptors (Lipinski definition) is 2. The Labute approximate surface area is 140 Å². The predicted octanol–water partition coefficient (Wildman–Crippen LogP) is 2.18. The highest BCUT2D eigenvalue weighted by molar-refractivity contribution is 5.45. The van der Waals surface area contributed by atoms with Gasteiger partial charge in [0, 0.05) is 35.4 Å². The molecule has 0 aromatic carbocycles. The number of aliphatic hydroxyl groups excluding tert-OH is 1. The van der Waals surface area contributed by atoms with E-state index < -0.39 is 0 Å². The van der Waals surface area contributed by atoms with Crippen LogP contribution in [-0.4, -0.2) is 33.8 Å². The van der Waals surface area contributed by atoms with E-state index in [-0.39, 0.29) is 6.61 Å². The second kappa shape index (κ2) is 8.51. The van der Waals surface area contributed by atoms with E-state index in [0.717, 1.165) is 19.0 Å². The highest BCUT2D eigenvalue weighted by Crippen LogP contribution is 2.28. The molecule has 0 amide bonds. The van der Waals surface area contributed by atoms with Crippen molar-refractivity contribution in [2.75, 3.05) is 13.2 Å². The summed E-state index contributed by atoms with van der Waals surface area (Å²) in [6.07, 6.45) is 12.5. The SMILES string of the molecule is CC.C\C=C/C=c1/c2c(n(CCO)/c1=C/C)CN1CCCC1C2. The third-order valence-electron chi connectivity index (χ3n) is 4.91. The van der Waals surface area contributed by atoms with E-state index >= 15 is 0 Å². The maximum absolute atomic E-state index is 9.44. The molecule has 3 heterocycles. The molecule has 23 heavy (non-hydrogen) atoms. The Morgan fingerprint density at radius 3 is 2.70 bits per heavy atom. The van der Waals surface area contributed by atoms with Gasteiger partial charge in [0.1, 0.15) is 0 Å². The fourth-order valence-electron chi connectivity index (χ4n) is 3.98. The summed E-state index contributed by atoms with van der Waals surface area (Å²) in [7, 11) is 0. The van der Waals surface area contributed by atoms with Crippen molar-refractivity contribution in [1.82, 2.24) is 9.47 Å². The van der Waals surface area contributed by atoms with E-state index in [0.29, 0.717) is 6.54 Å². The molecule has 1 saturated heterocycles. The first kappa shape index (κ1) is 18.0. The van der Waals surface area contributed by atoms with Crippen LogP contribution in [0, 0.1) is 0 Å². The van der Waals surface area contributed by atoms with Gasteiger partial charge in [0.15, 0.2) is 0 Å². The Bertz CT molecular complexity index is 654. The lowest BCUT2D eigenvalue weighted by Crippen LogP contribution is -2.37. The van der Waals surface area contributed by atoms with Gasteiger partial charge in [0.2, 0.25) is 0 Å². The molecule has 1 N–H and O–H groups in total. The lowest BCUT2D eigenvalue weighted by atomic mass is 9.98. The molecule has 0 spiro atoms. The minimum absolute atomic E-state index is 0.203. The molecule has 2 aliphatic heterocycles. The number of rotatable bonds is 3. The lowest BCUT2D eigenvalue weighted by Gasteiger charge is -2.30. The van der Waals surface area contributed by atoms with Gasteiger partial charge in [-0.15, -0.1) is 0 Å². The second-order valence-electron chi connectivity index (χ2n) is 6.05. The Morgan fingerprint density at radius 1 is 1.26 bits per heavy atom. The molecule has 1 unspecified atom stereocenters. The van der Waals surface area contributed by atoms with E-state index in [2.05, 4.69) is 47.6 Å². The van der Waals surface area contributed by atoms with Crippen molar-refractivity contribution in [3.05, 3.63) is 34.0 Å². The van der Waals surface area contributed by atoms with Crippen LogP contribution in [0.25, 0.3) is 12.2 Å². The highest BCUT2D eigenvalue weighted by atomic mass is 16.3. The van der Waals surface area contributed by atoms with E-state index in [1.54, 1.807) is 0 Å². The molecule has 128 valence electrons. The first-order valence-corrected chi connectivity index (χ1v) is 9.14. The van der Waals surface area contributed by atoms with Gasteiger partial charge in [-0.25, -0.2) is 0 Å². The van der Waals surface area contributed by atoms with Gasteiger partial charge in [-0.05, 0) is 45.2 Å². The average Bonchev–Trinajstić information content (AvgIpc) is 3.15. The molecule has 1 fully saturated rings. The summed E-state index contributed by atoms with van der Waals surface area (Å²) in [4.78, 5) is 2.62. The topological polar surface area (TPSA) is 28.4 Å². The normalized spacial score (nSPS) is 22.2. The minimum atomic E-state index is 0.203. The molecule has 3 rings (SSSR count). The zero-order chi connectivity index (χ0) is 16.8. The first-order valence-electron chi connectivity index (χ1n) is 9.14. The number of aromatic nitrogens is 1. The van der Waals surface area contributed by atoms with Gasteiger partial charge in [0.25, 0.3) is 0 Å². The summed E-state index contributed by atoms with van der Waals surface area (Å²) in [6.45, 7) is 11.3. The van der Waals surface area contributed by atoms with Crippen molar-refractivity contribution in [2.24, 2.45) is 0 Å². The molecule has 2 aliphatic rings. The molecule has 0 radical (unpaired) electrons. The second-order valence-corrected chi connectivity index (χ2v) is 6.05. The smallest absolute Gasteiger partial charge is 0.0610 e. The van der Waals surface area contributed by atoms with E-state index in [9.17, 15) is 5.11 Å². The predicted molar refractivity (Wildman–Crippen MR) is 98.7 cm³/mol. The van der Waals surface area contributed by atoms with Crippen molar-refractivity contribution in [3.8, 4) is 0 Å². The van der Waals surface area contributed by atoms with Crippen molar-refractivity contribution < 1.29 is 5.11 Å². The van der Waals surface area contributed by atoms with Crippen LogP contribution in [0.2, 0.25) is 0 Å². The molecule has 0 saturated carbocycles. The van der Waals surface area contributed by atoms with Crippen LogP contribution in [-0.2, 0) is 19.5 Å². The number of fused-ring (bicyclic) bond motifs is 2. The summed E-state index contributed by atoms with van der Waals surface area (Å²) in [5.74, 6) is 0. The lowest BCUT2D eigenvalue weighted by molar-refractivity contribution is 0.215. The number of hydrogen-bond donors (Lipinski definition) is 1. The monoisotopic (exact) mass is 316 g/mol. The van der Waals surface area contributed by atoms with Crippen LogP contribution >= 0.6 is 0 Å². The largest absolute Gasteiger partial charge is 0.395 e. The van der Waals surface area contributed by atoms with E-state index in [4.69, 9.17) is 0 Å². The van der Waals surface area contributed by atoms with Gasteiger partial charge < -0.3 is 9.67 Å². The van der Waals surface area contributed by atoms with E-state index in [1.165, 1.54) is 41.2 Å². The van der Waals surface area contributed by atoms with Gasteiger partial charge in [-0.3, -0.25) is 4.90 Å². The van der Waals surface area contributed by atoms with Crippen LogP contribution < -0.4 is 10.6 Å². The van der Waals surface area contributed by atoms with Crippen molar-refractivity contribution in [2.45, 2.75) is 66.1 Å². The van der Waals surface area contributed by atoms with E-state index in [1.807, 2.05) is 13.8 Å². The van der Waals surface area contributed by atoms with Gasteiger partial charge in [0.05, 0.1) is 6.61 Å². The average molecular weight is 316 g/mol. The maximum atomic E-state index is 9.44. The standard InChI is InChI=1S/C18H26N2O.C2H6/c1-3-5-8-15-16-12-14-7-6-9-19(14)13-18(16)20(10-11-21)17(15)4-2;1-2/h3-5,8,14,21H,6-7,9-13H2,1-2H3;1-2H3/b5-3-,15-8-,17-4+;. The molecule has 3 heteroatoms. The minimum Gasteiger partial charge on any atom is -0.395 e. The molecule has 1 atom stereocenters. The number of aliphatic hydroxyl groups is 1. The fraction of sp³-hybridized carbons (Fsp3) is 0.600. The van der Waals surface area contributed by atoms with Crippen molar-refractivity contribution >= 4 is 12.2 Å². The molecule has 1 aromatic heterocycles. The van der Waals surface area contributed by atoms with Gasteiger partial charge >= 0.3 is 0 Å². The van der Waals surface area contributed by atoms with Crippen LogP contribution in [0.5, 0.6) is 0 Å². The zero-order valence-corrected chi connectivity index (χ0v) is 15.2. The summed E-state index contributed by atoms with van der Waals surface area (Å²) in [5, 5.41) is 12.1. The van der Waals surface area contributed by atoms with Crippen molar-refractivity contribution in [3.63, 3.8) is 0 Å². The Hall–Kier alpha value is -1.32. The molecule has 0 aliphatic carbocycles. The third kappa shape index (κ3) is 3.46. The van der Waals surface area contributed by atoms with Gasteiger partial charge in [-0.2, -0.15) is 0 Å². The number of nitrogens with zero attached hydrogens (tertiary/aromatic N) is 2. The zero-order valence-electron chi connectivity index (χ0n) is 15.2. The van der Waals surface area contributed by atoms with Crippen LogP contribution in [0.1, 0.15) is 51.8 Å².